The number of nitrogens with one attached hydrogen (secondary N) is 2. The van der Waals surface area contributed by atoms with Crippen LogP contribution in [0.1, 0.15) is 32.7 Å². The number of imidazole rings is 1. The molecule has 7 nitrogen and oxygen atoms in total. The topological polar surface area (TPSA) is 92.7 Å². The van der Waals surface area contributed by atoms with Crippen LogP contribution in [-0.4, -0.2) is 25.4 Å². The van der Waals surface area contributed by atoms with Crippen molar-refractivity contribution in [1.82, 2.24) is 19.5 Å². The Morgan fingerprint density at radius 3 is 2.50 bits per heavy atom. The fourth-order valence-electron chi connectivity index (χ4n) is 4.22. The van der Waals surface area contributed by atoms with Crippen LogP contribution in [0.4, 0.5) is 5.95 Å². The quantitative estimate of drug-likeness (QED) is 0.405. The van der Waals surface area contributed by atoms with Crippen molar-refractivity contribution in [2.75, 3.05) is 5.32 Å². The van der Waals surface area contributed by atoms with Gasteiger partial charge in [0.15, 0.2) is 0 Å². The number of pyridine rings is 2. The second kappa shape index (κ2) is 7.95. The van der Waals surface area contributed by atoms with Gasteiger partial charge >= 0.3 is 0 Å². The van der Waals surface area contributed by atoms with Crippen LogP contribution in [0.15, 0.2) is 53.5 Å². The van der Waals surface area contributed by atoms with Crippen molar-refractivity contribution >= 4 is 33.8 Å². The minimum Gasteiger partial charge on any atom is -0.324 e. The van der Waals surface area contributed by atoms with Crippen LogP contribution in [0, 0.1) is 27.7 Å². The Labute approximate surface area is 196 Å². The Kier molecular flexibility index (Phi) is 5.05. The predicted molar refractivity (Wildman–Crippen MR) is 135 cm³/mol. The van der Waals surface area contributed by atoms with E-state index in [9.17, 15) is 9.59 Å². The fraction of sp³-hybridized carbons (Fsp3) is 0.185. The molecule has 0 aliphatic carbocycles. The Bertz CT molecular complexity index is 1640. The van der Waals surface area contributed by atoms with Gasteiger partial charge in [-0.15, -0.1) is 0 Å². The van der Waals surface area contributed by atoms with Gasteiger partial charge in [0.25, 0.3) is 11.5 Å². The monoisotopic (exact) mass is 451 g/mol. The number of carbonyl (C=O) groups is 1. The average molecular weight is 452 g/mol. The molecular weight excluding hydrogens is 426 g/mol. The molecule has 0 radical (unpaired) electrons. The highest BCUT2D eigenvalue weighted by atomic mass is 16.2. The van der Waals surface area contributed by atoms with Gasteiger partial charge in [0.05, 0.1) is 16.6 Å². The summed E-state index contributed by atoms with van der Waals surface area (Å²) in [6.45, 7) is 7.90. The summed E-state index contributed by atoms with van der Waals surface area (Å²) in [6.07, 6.45) is 1.77. The van der Waals surface area contributed by atoms with Crippen LogP contribution in [-0.2, 0) is 7.05 Å². The highest BCUT2D eigenvalue weighted by Gasteiger charge is 2.16. The molecule has 5 rings (SSSR count). The number of aromatic nitrogens is 4. The van der Waals surface area contributed by atoms with Crippen molar-refractivity contribution in [2.24, 2.45) is 7.05 Å². The highest BCUT2D eigenvalue weighted by Crippen LogP contribution is 2.26. The number of aromatic amines is 1. The van der Waals surface area contributed by atoms with Crippen LogP contribution in [0.2, 0.25) is 0 Å². The molecule has 3 heterocycles. The number of aryl methyl sites for hydroxylation is 5. The minimum absolute atomic E-state index is 0.123. The number of rotatable bonds is 3. The molecule has 0 atom stereocenters. The van der Waals surface area contributed by atoms with E-state index >= 15 is 0 Å². The number of carbonyl (C=O) groups excluding carboxylic acids is 1. The van der Waals surface area contributed by atoms with Crippen molar-refractivity contribution in [1.29, 1.82) is 0 Å². The van der Waals surface area contributed by atoms with Crippen LogP contribution in [0.5, 0.6) is 0 Å². The number of anilines is 1. The molecule has 0 saturated heterocycles. The normalized spacial score (nSPS) is 11.3. The average Bonchev–Trinajstić information content (AvgIpc) is 3.18. The first-order valence-corrected chi connectivity index (χ1v) is 11.1. The van der Waals surface area contributed by atoms with E-state index < -0.39 is 0 Å². The van der Waals surface area contributed by atoms with Gasteiger partial charge in [-0.1, -0.05) is 6.07 Å². The van der Waals surface area contributed by atoms with Crippen LogP contribution < -0.4 is 10.9 Å². The summed E-state index contributed by atoms with van der Waals surface area (Å²) < 4.78 is 1.63. The summed E-state index contributed by atoms with van der Waals surface area (Å²) in [5.74, 6) is 0.0823. The number of amides is 1. The molecule has 5 aromatic rings. The molecule has 0 bridgehead atoms. The molecule has 0 fully saturated rings. The molecule has 1 amide bonds. The van der Waals surface area contributed by atoms with Gasteiger partial charge in [-0.3, -0.25) is 19.9 Å². The summed E-state index contributed by atoms with van der Waals surface area (Å²) in [5.41, 5.74) is 8.10. The predicted octanol–water partition coefficient (Wildman–Crippen LogP) is 4.96. The van der Waals surface area contributed by atoms with Crippen LogP contribution in [0.25, 0.3) is 33.1 Å². The standard InChI is InChI=1S/C27H25N5O2/c1-14-6-7-18(25(33)31-27-29-22-8-15(2)16(3)9-23(22)30-27)11-20(14)21-12-19-13-28-17(4)10-24(19)32(5)26(21)34/h6-13H,1-5H3,(H2,29,30,31,33). The van der Waals surface area contributed by atoms with Gasteiger partial charge < -0.3 is 9.55 Å². The molecule has 0 spiro atoms. The van der Waals surface area contributed by atoms with Gasteiger partial charge in [-0.2, -0.15) is 0 Å². The third-order valence-corrected chi connectivity index (χ3v) is 6.36. The van der Waals surface area contributed by atoms with E-state index in [2.05, 4.69) is 20.3 Å². The van der Waals surface area contributed by atoms with Gasteiger partial charge in [0.1, 0.15) is 0 Å². The minimum atomic E-state index is -0.302. The zero-order chi connectivity index (χ0) is 24.1. The first-order chi connectivity index (χ1) is 16.2. The van der Waals surface area contributed by atoms with Crippen LogP contribution in [0.3, 0.4) is 0 Å². The summed E-state index contributed by atoms with van der Waals surface area (Å²) in [5, 5.41) is 3.71. The van der Waals surface area contributed by atoms with E-state index in [1.54, 1.807) is 29.9 Å². The number of fused-ring (bicyclic) bond motifs is 2. The Balaban J connectivity index is 1.53. The van der Waals surface area contributed by atoms with Crippen molar-refractivity contribution in [3.05, 3.63) is 87.0 Å². The molecular formula is C27H25N5O2. The molecule has 3 aromatic heterocycles. The Morgan fingerprint density at radius 1 is 0.941 bits per heavy atom. The third-order valence-electron chi connectivity index (χ3n) is 6.36. The van der Waals surface area contributed by atoms with Gasteiger partial charge in [-0.05, 0) is 86.3 Å². The lowest BCUT2D eigenvalue weighted by molar-refractivity contribution is 0.102. The number of hydrogen-bond acceptors (Lipinski definition) is 4. The van der Waals surface area contributed by atoms with Crippen molar-refractivity contribution < 1.29 is 4.79 Å². The zero-order valence-corrected chi connectivity index (χ0v) is 19.8. The number of hydrogen-bond donors (Lipinski definition) is 2. The zero-order valence-electron chi connectivity index (χ0n) is 19.8. The first-order valence-electron chi connectivity index (χ1n) is 11.1. The molecule has 2 N–H and O–H groups in total. The molecule has 0 saturated carbocycles. The van der Waals surface area contributed by atoms with E-state index in [0.717, 1.165) is 44.3 Å². The SMILES string of the molecule is Cc1cc2c(cn1)cc(-c1cc(C(=O)Nc3nc4cc(C)c(C)cc4[nH]3)ccc1C)c(=O)n2C. The molecule has 0 aliphatic rings. The molecule has 2 aromatic carbocycles. The van der Waals surface area contributed by atoms with E-state index in [4.69, 9.17) is 0 Å². The number of nitrogens with zero attached hydrogens (tertiary/aromatic N) is 3. The Morgan fingerprint density at radius 2 is 1.71 bits per heavy atom. The summed E-state index contributed by atoms with van der Waals surface area (Å²) in [7, 11) is 1.75. The summed E-state index contributed by atoms with van der Waals surface area (Å²) >= 11 is 0. The molecule has 7 heteroatoms. The smallest absolute Gasteiger partial charge is 0.258 e. The van der Waals surface area contributed by atoms with E-state index in [0.29, 0.717) is 22.6 Å². The summed E-state index contributed by atoms with van der Waals surface area (Å²) in [6, 6.07) is 13.1. The van der Waals surface area contributed by atoms with Gasteiger partial charge in [0.2, 0.25) is 5.95 Å². The second-order valence-corrected chi connectivity index (χ2v) is 8.83. The molecule has 0 unspecified atom stereocenters. The summed E-state index contributed by atoms with van der Waals surface area (Å²) in [4.78, 5) is 38.3. The maximum atomic E-state index is 13.2. The number of benzene rings is 2. The maximum Gasteiger partial charge on any atom is 0.258 e. The van der Waals surface area contributed by atoms with Crippen LogP contribution >= 0.6 is 0 Å². The molecule has 34 heavy (non-hydrogen) atoms. The van der Waals surface area contributed by atoms with Gasteiger partial charge in [-0.25, -0.2) is 4.98 Å². The molecule has 0 aliphatic heterocycles. The largest absolute Gasteiger partial charge is 0.324 e. The molecule has 170 valence electrons. The number of H-pyrrole nitrogens is 1. The lowest BCUT2D eigenvalue weighted by atomic mass is 9.97. The van der Waals surface area contributed by atoms with Crippen molar-refractivity contribution in [3.8, 4) is 11.1 Å². The Hall–Kier alpha value is -4.26. The van der Waals surface area contributed by atoms with E-state index in [1.807, 2.05) is 58.0 Å². The maximum absolute atomic E-state index is 13.2. The van der Waals surface area contributed by atoms with Crippen molar-refractivity contribution in [3.63, 3.8) is 0 Å². The van der Waals surface area contributed by atoms with E-state index in [1.165, 1.54) is 0 Å². The fourth-order valence-corrected chi connectivity index (χ4v) is 4.22. The lowest BCUT2D eigenvalue weighted by Gasteiger charge is -2.12. The van der Waals surface area contributed by atoms with Gasteiger partial charge in [0, 0.05) is 35.5 Å². The van der Waals surface area contributed by atoms with Crippen molar-refractivity contribution in [2.45, 2.75) is 27.7 Å². The van der Waals surface area contributed by atoms with E-state index in [-0.39, 0.29) is 11.5 Å². The second-order valence-electron chi connectivity index (χ2n) is 8.83. The third kappa shape index (κ3) is 3.65. The first kappa shape index (κ1) is 21.6. The highest BCUT2D eigenvalue weighted by molar-refractivity contribution is 6.05. The lowest BCUT2D eigenvalue weighted by Crippen LogP contribution is -2.20.